The number of hydrogen-bond donors (Lipinski definition) is 0. The Kier molecular flexibility index (Phi) is 3.92. The Morgan fingerprint density at radius 3 is 2.33 bits per heavy atom. The summed E-state index contributed by atoms with van der Waals surface area (Å²) in [5.74, 6) is 0.187. The van der Waals surface area contributed by atoms with Crippen molar-refractivity contribution in [1.29, 1.82) is 0 Å². The number of amides is 1. The average molecular weight is 330 g/mol. The van der Waals surface area contributed by atoms with Crippen LogP contribution in [0, 0.1) is 5.82 Å². The Morgan fingerprint density at radius 2 is 1.71 bits per heavy atom. The van der Waals surface area contributed by atoms with E-state index < -0.39 is 0 Å². The third-order valence-electron chi connectivity index (χ3n) is 4.94. The molecule has 0 unspecified atom stereocenters. The van der Waals surface area contributed by atoms with Gasteiger partial charge in [-0.05, 0) is 49.9 Å². The molecule has 0 radical (unpaired) electrons. The molecular formula is C17H19FN4O2. The minimum atomic E-state index is -0.318. The topological polar surface area (TPSA) is 60.2 Å². The van der Waals surface area contributed by atoms with E-state index in [4.69, 9.17) is 4.74 Å². The molecule has 4 rings (SSSR count). The molecule has 0 saturated carbocycles. The number of ether oxygens (including phenoxy) is 1. The van der Waals surface area contributed by atoms with Crippen molar-refractivity contribution in [2.75, 3.05) is 6.61 Å². The highest BCUT2D eigenvalue weighted by molar-refractivity contribution is 5.79. The summed E-state index contributed by atoms with van der Waals surface area (Å²) in [5.41, 5.74) is 0. The molecule has 1 aromatic heterocycles. The van der Waals surface area contributed by atoms with Gasteiger partial charge < -0.3 is 9.64 Å². The minimum absolute atomic E-state index is 0.00120. The SMILES string of the molecule is O=C(COc1ccc(F)cc1)N1[C@H]2CC[C@H]1CC(n1nccn1)C2. The highest BCUT2D eigenvalue weighted by atomic mass is 19.1. The second kappa shape index (κ2) is 6.22. The molecule has 0 aliphatic carbocycles. The molecule has 1 aromatic carbocycles. The maximum Gasteiger partial charge on any atom is 0.261 e. The van der Waals surface area contributed by atoms with E-state index in [0.717, 1.165) is 25.7 Å². The Bertz CT molecular complexity index is 690. The fraction of sp³-hybridized carbons (Fsp3) is 0.471. The van der Waals surface area contributed by atoms with Crippen LogP contribution in [0.2, 0.25) is 0 Å². The number of benzene rings is 1. The van der Waals surface area contributed by atoms with E-state index in [1.807, 2.05) is 4.90 Å². The van der Waals surface area contributed by atoms with Crippen molar-refractivity contribution in [3.05, 3.63) is 42.5 Å². The second-order valence-electron chi connectivity index (χ2n) is 6.40. The second-order valence-corrected chi connectivity index (χ2v) is 6.40. The lowest BCUT2D eigenvalue weighted by Crippen LogP contribution is -2.48. The van der Waals surface area contributed by atoms with Gasteiger partial charge in [-0.2, -0.15) is 15.0 Å². The van der Waals surface area contributed by atoms with E-state index in [1.54, 1.807) is 17.2 Å². The van der Waals surface area contributed by atoms with Gasteiger partial charge in [0.25, 0.3) is 5.91 Å². The number of carbonyl (C=O) groups excluding carboxylic acids is 1. The number of carbonyl (C=O) groups is 1. The summed E-state index contributed by atoms with van der Waals surface area (Å²) in [6.45, 7) is -0.0106. The van der Waals surface area contributed by atoms with Crippen LogP contribution in [0.4, 0.5) is 4.39 Å². The van der Waals surface area contributed by atoms with Crippen molar-refractivity contribution < 1.29 is 13.9 Å². The molecule has 1 amide bonds. The Morgan fingerprint density at radius 1 is 1.08 bits per heavy atom. The number of fused-ring (bicyclic) bond motifs is 2. The first-order valence-corrected chi connectivity index (χ1v) is 8.26. The Hall–Kier alpha value is -2.44. The van der Waals surface area contributed by atoms with Gasteiger partial charge in [0.05, 0.1) is 18.4 Å². The van der Waals surface area contributed by atoms with Crippen LogP contribution in [0.3, 0.4) is 0 Å². The average Bonchev–Trinajstić information content (AvgIpc) is 3.21. The lowest BCUT2D eigenvalue weighted by atomic mass is 9.98. The minimum Gasteiger partial charge on any atom is -0.484 e. The smallest absolute Gasteiger partial charge is 0.261 e. The quantitative estimate of drug-likeness (QED) is 0.862. The van der Waals surface area contributed by atoms with Gasteiger partial charge in [-0.25, -0.2) is 4.39 Å². The number of rotatable bonds is 4. The molecule has 7 heteroatoms. The van der Waals surface area contributed by atoms with E-state index in [2.05, 4.69) is 10.2 Å². The van der Waals surface area contributed by atoms with E-state index in [-0.39, 0.29) is 36.5 Å². The summed E-state index contributed by atoms with van der Waals surface area (Å²) in [6, 6.07) is 6.44. The van der Waals surface area contributed by atoms with Gasteiger partial charge in [0.1, 0.15) is 11.6 Å². The van der Waals surface area contributed by atoms with E-state index in [9.17, 15) is 9.18 Å². The number of hydrogen-bond acceptors (Lipinski definition) is 4. The van der Waals surface area contributed by atoms with Gasteiger partial charge in [0.15, 0.2) is 6.61 Å². The van der Waals surface area contributed by atoms with Crippen molar-refractivity contribution in [2.45, 2.75) is 43.8 Å². The van der Waals surface area contributed by atoms with Gasteiger partial charge in [0.2, 0.25) is 0 Å². The molecule has 0 spiro atoms. The number of aromatic nitrogens is 3. The third-order valence-corrected chi connectivity index (χ3v) is 4.94. The molecule has 2 atom stereocenters. The van der Waals surface area contributed by atoms with Crippen LogP contribution in [0.15, 0.2) is 36.7 Å². The van der Waals surface area contributed by atoms with E-state index >= 15 is 0 Å². The molecule has 3 heterocycles. The van der Waals surface area contributed by atoms with Gasteiger partial charge >= 0.3 is 0 Å². The monoisotopic (exact) mass is 330 g/mol. The van der Waals surface area contributed by atoms with Crippen LogP contribution in [-0.2, 0) is 4.79 Å². The zero-order valence-corrected chi connectivity index (χ0v) is 13.2. The van der Waals surface area contributed by atoms with Crippen molar-refractivity contribution >= 4 is 5.91 Å². The largest absolute Gasteiger partial charge is 0.484 e. The normalized spacial score (nSPS) is 25.7. The first-order chi connectivity index (χ1) is 11.7. The number of piperidine rings is 1. The molecule has 2 aromatic rings. The van der Waals surface area contributed by atoms with Crippen molar-refractivity contribution in [3.63, 3.8) is 0 Å². The fourth-order valence-corrected chi connectivity index (χ4v) is 3.91. The molecule has 2 fully saturated rings. The molecule has 2 aliphatic heterocycles. The summed E-state index contributed by atoms with van der Waals surface area (Å²) < 4.78 is 18.4. The predicted octanol–water partition coefficient (Wildman–Crippen LogP) is 2.19. The molecule has 2 bridgehead atoms. The molecule has 2 saturated heterocycles. The summed E-state index contributed by atoms with van der Waals surface area (Å²) in [7, 11) is 0. The lowest BCUT2D eigenvalue weighted by molar-refractivity contribution is -0.138. The van der Waals surface area contributed by atoms with E-state index in [0.29, 0.717) is 5.75 Å². The van der Waals surface area contributed by atoms with Crippen LogP contribution >= 0.6 is 0 Å². The lowest BCUT2D eigenvalue weighted by Gasteiger charge is -2.38. The van der Waals surface area contributed by atoms with Crippen molar-refractivity contribution in [3.8, 4) is 5.75 Å². The summed E-state index contributed by atoms with van der Waals surface area (Å²) in [6.07, 6.45) is 7.18. The molecule has 0 N–H and O–H groups in total. The number of halogens is 1. The van der Waals surface area contributed by atoms with Gasteiger partial charge in [-0.3, -0.25) is 4.79 Å². The number of nitrogens with zero attached hydrogens (tertiary/aromatic N) is 4. The summed E-state index contributed by atoms with van der Waals surface area (Å²) in [4.78, 5) is 16.3. The predicted molar refractivity (Wildman–Crippen MR) is 83.8 cm³/mol. The summed E-state index contributed by atoms with van der Waals surface area (Å²) >= 11 is 0. The standard InChI is InChI=1S/C17H19FN4O2/c18-12-1-5-16(6-2-12)24-11-17(23)21-13-3-4-14(21)10-15(9-13)22-19-7-8-20-22/h1-2,5-8,13-15H,3-4,9-11H2/t13-,14-/m0/s1. The van der Waals surface area contributed by atoms with Crippen LogP contribution in [-0.4, -0.2) is 44.5 Å². The Balaban J connectivity index is 1.38. The van der Waals surface area contributed by atoms with Gasteiger partial charge in [-0.1, -0.05) is 0 Å². The summed E-state index contributed by atoms with van der Waals surface area (Å²) in [5, 5.41) is 8.47. The molecular weight excluding hydrogens is 311 g/mol. The van der Waals surface area contributed by atoms with Crippen LogP contribution in [0.25, 0.3) is 0 Å². The zero-order valence-electron chi connectivity index (χ0n) is 13.2. The third kappa shape index (κ3) is 2.86. The van der Waals surface area contributed by atoms with Crippen molar-refractivity contribution in [2.24, 2.45) is 0 Å². The van der Waals surface area contributed by atoms with Crippen LogP contribution in [0.1, 0.15) is 31.7 Å². The van der Waals surface area contributed by atoms with Gasteiger partial charge in [0, 0.05) is 12.1 Å². The zero-order chi connectivity index (χ0) is 16.5. The maximum atomic E-state index is 12.9. The molecule has 24 heavy (non-hydrogen) atoms. The molecule has 126 valence electrons. The highest BCUT2D eigenvalue weighted by Crippen LogP contribution is 2.40. The maximum absolute atomic E-state index is 12.9. The first kappa shape index (κ1) is 15.1. The van der Waals surface area contributed by atoms with Gasteiger partial charge in [-0.15, -0.1) is 0 Å². The molecule has 2 aliphatic rings. The Labute approximate surface area is 139 Å². The highest BCUT2D eigenvalue weighted by Gasteiger charge is 2.44. The first-order valence-electron chi connectivity index (χ1n) is 8.26. The molecule has 6 nitrogen and oxygen atoms in total. The van der Waals surface area contributed by atoms with Crippen LogP contribution in [0.5, 0.6) is 5.75 Å². The van der Waals surface area contributed by atoms with Crippen molar-refractivity contribution in [1.82, 2.24) is 19.9 Å². The van der Waals surface area contributed by atoms with Crippen LogP contribution < -0.4 is 4.74 Å². The van der Waals surface area contributed by atoms with E-state index in [1.165, 1.54) is 24.3 Å². The fourth-order valence-electron chi connectivity index (χ4n) is 3.91.